The smallest absolute Gasteiger partial charge is 0.350 e. The number of unbranched alkanes of at least 4 members (excludes halogenated alkanes) is 1. The number of aliphatic hydroxyl groups excluding tert-OH is 1. The Morgan fingerprint density at radius 3 is 2.51 bits per heavy atom. The Balaban J connectivity index is 1.87. The molecule has 1 aliphatic heterocycles. The Hall–Kier alpha value is -4.18. The van der Waals surface area contributed by atoms with E-state index >= 15 is 0 Å². The van der Waals surface area contributed by atoms with Crippen LogP contribution in [0.2, 0.25) is 0 Å². The van der Waals surface area contributed by atoms with Crippen molar-refractivity contribution in [3.05, 3.63) is 75.8 Å². The first-order valence-corrected chi connectivity index (χ1v) is 13.4. The Morgan fingerprint density at radius 2 is 1.87 bits per heavy atom. The molecule has 1 atom stereocenters. The lowest BCUT2D eigenvalue weighted by molar-refractivity contribution is -0.132. The number of Topliss-reactive ketones (excluding diaryl/α,β-unsaturated/α-hetero) is 1. The van der Waals surface area contributed by atoms with Crippen LogP contribution in [0.5, 0.6) is 5.75 Å². The molecule has 1 fully saturated rings. The fourth-order valence-electron chi connectivity index (χ4n) is 4.29. The Kier molecular flexibility index (Phi) is 8.35. The minimum absolute atomic E-state index is 0.0733. The highest BCUT2D eigenvalue weighted by molar-refractivity contribution is 7.17. The Bertz CT molecular complexity index is 1430. The standard InChI is InChI=1S/C29H31N3O6S/c1-6-7-15-38-21-10-8-9-19(16-21)24(33)22-23(18-11-13-20(14-12-18)31(3)4)32(27(35)25(22)34)29-30-17(2)26(39-29)28(36)37-5/h8-14,16,23,33H,6-7,15H2,1-5H3. The van der Waals surface area contributed by atoms with Crippen LogP contribution in [-0.4, -0.2) is 55.6 Å². The highest BCUT2D eigenvalue weighted by atomic mass is 32.1. The molecule has 2 aromatic carbocycles. The van der Waals surface area contributed by atoms with Gasteiger partial charge < -0.3 is 19.5 Å². The second-order valence-corrected chi connectivity index (χ2v) is 10.3. The number of carbonyl (C=O) groups is 3. The number of aryl methyl sites for hydroxylation is 1. The third kappa shape index (κ3) is 5.51. The maximum Gasteiger partial charge on any atom is 0.350 e. The number of esters is 1. The van der Waals surface area contributed by atoms with Gasteiger partial charge in [0, 0.05) is 25.3 Å². The van der Waals surface area contributed by atoms with Crippen molar-refractivity contribution in [2.45, 2.75) is 32.7 Å². The summed E-state index contributed by atoms with van der Waals surface area (Å²) >= 11 is 0.960. The number of nitrogens with zero attached hydrogens (tertiary/aromatic N) is 3. The summed E-state index contributed by atoms with van der Waals surface area (Å²) in [4.78, 5) is 47.0. The predicted molar refractivity (Wildman–Crippen MR) is 151 cm³/mol. The first-order chi connectivity index (χ1) is 18.7. The molecule has 1 aromatic heterocycles. The van der Waals surface area contributed by atoms with Crippen LogP contribution >= 0.6 is 11.3 Å². The fraction of sp³-hybridized carbons (Fsp3) is 0.310. The number of aromatic nitrogens is 1. The number of hydrogen-bond donors (Lipinski definition) is 1. The minimum atomic E-state index is -0.970. The van der Waals surface area contributed by atoms with Gasteiger partial charge in [0.1, 0.15) is 16.4 Å². The molecule has 1 N–H and O–H groups in total. The van der Waals surface area contributed by atoms with Gasteiger partial charge in [-0.25, -0.2) is 9.78 Å². The van der Waals surface area contributed by atoms with E-state index in [2.05, 4.69) is 11.9 Å². The maximum absolute atomic E-state index is 13.5. The van der Waals surface area contributed by atoms with Crippen LogP contribution in [0.1, 0.15) is 52.3 Å². The summed E-state index contributed by atoms with van der Waals surface area (Å²) in [5, 5.41) is 11.6. The largest absolute Gasteiger partial charge is 0.507 e. The Labute approximate surface area is 231 Å². The van der Waals surface area contributed by atoms with E-state index in [9.17, 15) is 19.5 Å². The SMILES string of the molecule is CCCCOc1cccc(C(O)=C2C(=O)C(=O)N(c3nc(C)c(C(=O)OC)s3)C2c2ccc(N(C)C)cc2)c1. The van der Waals surface area contributed by atoms with E-state index in [0.717, 1.165) is 29.9 Å². The summed E-state index contributed by atoms with van der Waals surface area (Å²) in [5.41, 5.74) is 2.18. The fourth-order valence-corrected chi connectivity index (χ4v) is 5.30. The average Bonchev–Trinajstić information content (AvgIpc) is 3.44. The lowest BCUT2D eigenvalue weighted by atomic mass is 9.95. The molecule has 3 aromatic rings. The highest BCUT2D eigenvalue weighted by Crippen LogP contribution is 2.44. The Morgan fingerprint density at radius 1 is 1.15 bits per heavy atom. The van der Waals surface area contributed by atoms with Crippen molar-refractivity contribution in [3.63, 3.8) is 0 Å². The molecule has 0 spiro atoms. The van der Waals surface area contributed by atoms with E-state index in [1.54, 1.807) is 43.3 Å². The van der Waals surface area contributed by atoms with E-state index in [4.69, 9.17) is 9.47 Å². The van der Waals surface area contributed by atoms with Gasteiger partial charge in [-0.2, -0.15) is 0 Å². The molecule has 0 aliphatic carbocycles. The van der Waals surface area contributed by atoms with Gasteiger partial charge in [-0.05, 0) is 43.2 Å². The molecule has 0 radical (unpaired) electrons. The summed E-state index contributed by atoms with van der Waals surface area (Å²) in [7, 11) is 5.08. The van der Waals surface area contributed by atoms with Crippen LogP contribution in [0.3, 0.4) is 0 Å². The van der Waals surface area contributed by atoms with E-state index in [0.29, 0.717) is 29.2 Å². The number of benzene rings is 2. The van der Waals surface area contributed by atoms with Crippen molar-refractivity contribution < 1.29 is 29.0 Å². The molecule has 39 heavy (non-hydrogen) atoms. The van der Waals surface area contributed by atoms with Gasteiger partial charge in [0.15, 0.2) is 5.13 Å². The van der Waals surface area contributed by atoms with Crippen LogP contribution in [0.25, 0.3) is 5.76 Å². The summed E-state index contributed by atoms with van der Waals surface area (Å²) in [5.74, 6) is -2.05. The number of carbonyl (C=O) groups excluding carboxylic acids is 3. The highest BCUT2D eigenvalue weighted by Gasteiger charge is 2.48. The number of rotatable bonds is 9. The molecule has 10 heteroatoms. The zero-order valence-electron chi connectivity index (χ0n) is 22.6. The van der Waals surface area contributed by atoms with Crippen LogP contribution in [0, 0.1) is 6.92 Å². The number of thiazole rings is 1. The lowest BCUT2D eigenvalue weighted by Gasteiger charge is -2.23. The molecular formula is C29H31N3O6S. The molecule has 4 rings (SSSR count). The molecule has 204 valence electrons. The molecule has 0 bridgehead atoms. The van der Waals surface area contributed by atoms with Crippen molar-refractivity contribution in [2.24, 2.45) is 0 Å². The number of ketones is 1. The third-order valence-electron chi connectivity index (χ3n) is 6.41. The summed E-state index contributed by atoms with van der Waals surface area (Å²) in [6, 6.07) is 13.2. The number of amides is 1. The molecule has 1 amide bonds. The van der Waals surface area contributed by atoms with E-state index in [1.165, 1.54) is 12.0 Å². The summed E-state index contributed by atoms with van der Waals surface area (Å²) < 4.78 is 10.6. The van der Waals surface area contributed by atoms with Gasteiger partial charge in [-0.15, -0.1) is 0 Å². The van der Waals surface area contributed by atoms with Crippen LogP contribution in [0.4, 0.5) is 10.8 Å². The molecule has 9 nitrogen and oxygen atoms in total. The maximum atomic E-state index is 13.5. The molecule has 2 heterocycles. The van der Waals surface area contributed by atoms with Gasteiger partial charge in [0.25, 0.3) is 5.78 Å². The van der Waals surface area contributed by atoms with Crippen molar-refractivity contribution in [1.29, 1.82) is 0 Å². The van der Waals surface area contributed by atoms with E-state index in [1.807, 2.05) is 31.1 Å². The van der Waals surface area contributed by atoms with Crippen molar-refractivity contribution in [2.75, 3.05) is 37.6 Å². The molecule has 1 aliphatic rings. The van der Waals surface area contributed by atoms with Crippen LogP contribution in [0.15, 0.2) is 54.1 Å². The van der Waals surface area contributed by atoms with Gasteiger partial charge in [-0.3, -0.25) is 14.5 Å². The second kappa shape index (κ2) is 11.7. The van der Waals surface area contributed by atoms with Crippen molar-refractivity contribution in [3.8, 4) is 5.75 Å². The van der Waals surface area contributed by atoms with Crippen LogP contribution in [-0.2, 0) is 14.3 Å². The quantitative estimate of drug-likeness (QED) is 0.129. The molecule has 1 saturated heterocycles. The van der Waals surface area contributed by atoms with Crippen molar-refractivity contribution >= 4 is 45.6 Å². The monoisotopic (exact) mass is 549 g/mol. The predicted octanol–water partition coefficient (Wildman–Crippen LogP) is 5.11. The van der Waals surface area contributed by atoms with Crippen molar-refractivity contribution in [1.82, 2.24) is 4.98 Å². The van der Waals surface area contributed by atoms with Crippen LogP contribution < -0.4 is 14.5 Å². The topological polar surface area (TPSA) is 109 Å². The van der Waals surface area contributed by atoms with Gasteiger partial charge in [0.05, 0.1) is 31.0 Å². The van der Waals surface area contributed by atoms with E-state index in [-0.39, 0.29) is 21.3 Å². The summed E-state index contributed by atoms with van der Waals surface area (Å²) in [6.45, 7) is 4.22. The number of ether oxygens (including phenoxy) is 2. The zero-order valence-corrected chi connectivity index (χ0v) is 23.4. The molecule has 1 unspecified atom stereocenters. The first kappa shape index (κ1) is 27.8. The minimum Gasteiger partial charge on any atom is -0.507 e. The average molecular weight is 550 g/mol. The van der Waals surface area contributed by atoms with E-state index < -0.39 is 23.7 Å². The number of anilines is 2. The first-order valence-electron chi connectivity index (χ1n) is 12.5. The lowest BCUT2D eigenvalue weighted by Crippen LogP contribution is -2.29. The number of aliphatic hydroxyl groups is 1. The third-order valence-corrected chi connectivity index (χ3v) is 7.54. The molecule has 0 saturated carbocycles. The number of methoxy groups -OCH3 is 1. The summed E-state index contributed by atoms with van der Waals surface area (Å²) in [6.07, 6.45) is 1.86. The zero-order chi connectivity index (χ0) is 28.3. The second-order valence-electron chi connectivity index (χ2n) is 9.29. The van der Waals surface area contributed by atoms with Gasteiger partial charge >= 0.3 is 11.9 Å². The molecular weight excluding hydrogens is 518 g/mol. The normalized spacial score (nSPS) is 16.4. The van der Waals surface area contributed by atoms with Gasteiger partial charge in [-0.1, -0.05) is 48.9 Å². The number of hydrogen-bond acceptors (Lipinski definition) is 9. The van der Waals surface area contributed by atoms with Gasteiger partial charge in [0.2, 0.25) is 0 Å².